The van der Waals surface area contributed by atoms with Crippen LogP contribution in [0.3, 0.4) is 0 Å². The van der Waals surface area contributed by atoms with E-state index in [0.717, 1.165) is 33.3 Å². The molecular weight excluding hydrogens is 536 g/mol. The number of halogens is 1. The number of ether oxygens (including phenoxy) is 2. The Labute approximate surface area is 247 Å². The van der Waals surface area contributed by atoms with E-state index in [1.165, 1.54) is 12.7 Å². The van der Waals surface area contributed by atoms with Crippen molar-refractivity contribution >= 4 is 34.4 Å². The highest BCUT2D eigenvalue weighted by atomic mass is 35.5. The van der Waals surface area contributed by atoms with Gasteiger partial charge in [0.15, 0.2) is 6.10 Å². The topological polar surface area (TPSA) is 69.6 Å². The minimum Gasteiger partial charge on any atom is -0.477 e. The molecule has 6 nitrogen and oxygen atoms in total. The lowest BCUT2D eigenvalue weighted by Crippen LogP contribution is -2.27. The summed E-state index contributed by atoms with van der Waals surface area (Å²) in [6.45, 7) is 12.9. The molecule has 4 rings (SSSR count). The van der Waals surface area contributed by atoms with E-state index in [4.69, 9.17) is 21.1 Å². The summed E-state index contributed by atoms with van der Waals surface area (Å²) in [5, 5.41) is 4.63. The van der Waals surface area contributed by atoms with Crippen molar-refractivity contribution < 1.29 is 19.1 Å². The summed E-state index contributed by atoms with van der Waals surface area (Å²) >= 11 is 6.40. The molecule has 0 spiro atoms. The van der Waals surface area contributed by atoms with Crippen molar-refractivity contribution in [2.24, 2.45) is 0 Å². The monoisotopic (exact) mass is 574 g/mol. The third kappa shape index (κ3) is 6.59. The minimum absolute atomic E-state index is 0.102. The summed E-state index contributed by atoms with van der Waals surface area (Å²) < 4.78 is 13.0. The lowest BCUT2D eigenvalue weighted by atomic mass is 9.98. The first kappa shape index (κ1) is 30.2. The third-order valence-corrected chi connectivity index (χ3v) is 8.08. The second kappa shape index (κ2) is 12.8. The number of aromatic nitrogens is 1. The number of aryl methyl sites for hydroxylation is 1. The van der Waals surface area contributed by atoms with Crippen molar-refractivity contribution in [3.05, 3.63) is 99.2 Å². The van der Waals surface area contributed by atoms with Crippen LogP contribution in [0.5, 0.6) is 5.75 Å². The predicted octanol–water partition coefficient (Wildman–Crippen LogP) is 7.90. The Hall–Kier alpha value is -3.77. The van der Waals surface area contributed by atoms with Crippen LogP contribution in [0, 0.1) is 13.8 Å². The summed E-state index contributed by atoms with van der Waals surface area (Å²) in [7, 11) is 1.34. The van der Waals surface area contributed by atoms with Gasteiger partial charge in [0.1, 0.15) is 5.75 Å². The number of esters is 1. The van der Waals surface area contributed by atoms with E-state index in [1.54, 1.807) is 6.07 Å². The first-order valence-corrected chi connectivity index (χ1v) is 14.4. The van der Waals surface area contributed by atoms with Crippen molar-refractivity contribution in [2.45, 2.75) is 72.6 Å². The zero-order chi connectivity index (χ0) is 29.8. The Morgan fingerprint density at radius 2 is 1.71 bits per heavy atom. The number of rotatable bonds is 10. The number of amides is 1. The molecule has 0 saturated carbocycles. The van der Waals surface area contributed by atoms with Gasteiger partial charge >= 0.3 is 5.97 Å². The zero-order valence-electron chi connectivity index (χ0n) is 24.9. The maximum absolute atomic E-state index is 13.3. The summed E-state index contributed by atoms with van der Waals surface area (Å²) in [6, 6.07) is 19.7. The molecule has 216 valence electrons. The van der Waals surface area contributed by atoms with E-state index in [2.05, 4.69) is 55.8 Å². The predicted molar refractivity (Wildman–Crippen MR) is 165 cm³/mol. The fourth-order valence-electron chi connectivity index (χ4n) is 5.05. The number of carbonyl (C=O) groups excluding carboxylic acids is 2. The summed E-state index contributed by atoms with van der Waals surface area (Å²) in [5.41, 5.74) is 7.21. The van der Waals surface area contributed by atoms with Gasteiger partial charge in [0, 0.05) is 28.7 Å². The Morgan fingerprint density at radius 3 is 2.39 bits per heavy atom. The molecule has 2 atom stereocenters. The van der Waals surface area contributed by atoms with Gasteiger partial charge in [-0.15, -0.1) is 0 Å². The van der Waals surface area contributed by atoms with Gasteiger partial charge in [-0.25, -0.2) is 4.79 Å². The van der Waals surface area contributed by atoms with E-state index >= 15 is 0 Å². The Kier molecular flexibility index (Phi) is 9.44. The van der Waals surface area contributed by atoms with Crippen molar-refractivity contribution in [1.29, 1.82) is 0 Å². The molecule has 4 aromatic rings. The van der Waals surface area contributed by atoms with Crippen molar-refractivity contribution in [2.75, 3.05) is 7.11 Å². The molecule has 7 heteroatoms. The van der Waals surface area contributed by atoms with Gasteiger partial charge in [-0.3, -0.25) is 4.79 Å². The van der Waals surface area contributed by atoms with Gasteiger partial charge in [-0.2, -0.15) is 0 Å². The van der Waals surface area contributed by atoms with E-state index < -0.39 is 12.1 Å². The van der Waals surface area contributed by atoms with Crippen LogP contribution in [0.1, 0.15) is 84.4 Å². The van der Waals surface area contributed by atoms with Gasteiger partial charge in [-0.1, -0.05) is 62.7 Å². The normalized spacial score (nSPS) is 12.8. The maximum Gasteiger partial charge on any atom is 0.347 e. The molecule has 1 N–H and O–H groups in total. The summed E-state index contributed by atoms with van der Waals surface area (Å²) in [5.74, 6) is 0.333. The van der Waals surface area contributed by atoms with Crippen LogP contribution in [0.25, 0.3) is 10.9 Å². The second-order valence-electron chi connectivity index (χ2n) is 10.9. The summed E-state index contributed by atoms with van der Waals surface area (Å²) in [6.07, 6.45) is -0.261. The minimum atomic E-state index is -0.726. The Bertz CT molecular complexity index is 1570. The molecule has 3 aromatic carbocycles. The molecule has 0 radical (unpaired) electrons. The number of hydrogen-bond donors (Lipinski definition) is 1. The first-order chi connectivity index (χ1) is 19.5. The number of hydrogen-bond acceptors (Lipinski definition) is 4. The summed E-state index contributed by atoms with van der Waals surface area (Å²) in [4.78, 5) is 25.3. The van der Waals surface area contributed by atoms with E-state index in [0.29, 0.717) is 35.2 Å². The molecule has 1 aromatic heterocycles. The van der Waals surface area contributed by atoms with E-state index in [-0.39, 0.29) is 11.9 Å². The molecular formula is C34H39ClN2O4. The average molecular weight is 575 g/mol. The van der Waals surface area contributed by atoms with E-state index in [1.807, 2.05) is 50.2 Å². The smallest absolute Gasteiger partial charge is 0.347 e. The van der Waals surface area contributed by atoms with Crippen LogP contribution in [-0.4, -0.2) is 29.7 Å². The molecule has 0 bridgehead atoms. The van der Waals surface area contributed by atoms with Crippen molar-refractivity contribution in [3.8, 4) is 5.75 Å². The highest BCUT2D eigenvalue weighted by molar-refractivity contribution is 6.32. The van der Waals surface area contributed by atoms with Gasteiger partial charge < -0.3 is 19.4 Å². The van der Waals surface area contributed by atoms with Crippen LogP contribution in [0.2, 0.25) is 5.02 Å². The number of methoxy groups -OCH3 is 1. The average Bonchev–Trinajstić information content (AvgIpc) is 3.20. The zero-order valence-corrected chi connectivity index (χ0v) is 25.6. The molecule has 41 heavy (non-hydrogen) atoms. The standard InChI is InChI=1S/C34H39ClN2O4/c1-8-31(34(39)40-7)41-32-16-24(12-14-29(32)35)19-37-23(6)21(4)28-18-27(13-15-30(28)37)33(38)36-22(5)26-11-9-10-25(17-26)20(2)3/h9-18,20,22,31H,8,19H2,1-7H3,(H,36,38)/t22-,31+/m0/s1. The Balaban J connectivity index is 1.57. The molecule has 0 fully saturated rings. The lowest BCUT2D eigenvalue weighted by Gasteiger charge is -2.17. The molecule has 0 unspecified atom stereocenters. The number of carbonyl (C=O) groups is 2. The quantitative estimate of drug-likeness (QED) is 0.195. The van der Waals surface area contributed by atoms with Gasteiger partial charge in [-0.05, 0) is 85.7 Å². The molecule has 0 aliphatic rings. The fraction of sp³-hybridized carbons (Fsp3) is 0.353. The molecule has 0 aliphatic heterocycles. The highest BCUT2D eigenvalue weighted by Crippen LogP contribution is 2.31. The third-order valence-electron chi connectivity index (χ3n) is 7.77. The molecule has 0 aliphatic carbocycles. The molecule has 1 heterocycles. The number of benzene rings is 3. The van der Waals surface area contributed by atoms with Gasteiger partial charge in [0.25, 0.3) is 5.91 Å². The van der Waals surface area contributed by atoms with Crippen LogP contribution >= 0.6 is 11.6 Å². The van der Waals surface area contributed by atoms with Crippen molar-refractivity contribution in [1.82, 2.24) is 9.88 Å². The van der Waals surface area contributed by atoms with Crippen LogP contribution in [0.4, 0.5) is 0 Å². The fourth-order valence-corrected chi connectivity index (χ4v) is 5.21. The maximum atomic E-state index is 13.3. The van der Waals surface area contributed by atoms with Crippen LogP contribution in [0.15, 0.2) is 60.7 Å². The second-order valence-corrected chi connectivity index (χ2v) is 11.3. The molecule has 0 saturated heterocycles. The number of nitrogens with zero attached hydrogens (tertiary/aromatic N) is 1. The van der Waals surface area contributed by atoms with Crippen molar-refractivity contribution in [3.63, 3.8) is 0 Å². The SMILES string of the molecule is CC[C@@H](Oc1cc(Cn2c(C)c(C)c3cc(C(=O)N[C@@H](C)c4cccc(C(C)C)c4)ccc32)ccc1Cl)C(=O)OC. The first-order valence-electron chi connectivity index (χ1n) is 14.1. The van der Waals surface area contributed by atoms with E-state index in [9.17, 15) is 9.59 Å². The number of fused-ring (bicyclic) bond motifs is 1. The molecule has 1 amide bonds. The highest BCUT2D eigenvalue weighted by Gasteiger charge is 2.21. The largest absolute Gasteiger partial charge is 0.477 e. The van der Waals surface area contributed by atoms with Gasteiger partial charge in [0.2, 0.25) is 0 Å². The van der Waals surface area contributed by atoms with Gasteiger partial charge in [0.05, 0.1) is 18.2 Å². The lowest BCUT2D eigenvalue weighted by molar-refractivity contribution is -0.148. The van der Waals surface area contributed by atoms with Crippen LogP contribution in [-0.2, 0) is 16.1 Å². The number of nitrogens with one attached hydrogen (secondary N) is 1. The Morgan fingerprint density at radius 1 is 0.976 bits per heavy atom. The van der Waals surface area contributed by atoms with Crippen LogP contribution < -0.4 is 10.1 Å².